The molecule has 0 spiro atoms. The van der Waals surface area contributed by atoms with E-state index in [4.69, 9.17) is 9.47 Å². The Bertz CT molecular complexity index is 508. The molecule has 1 aromatic carbocycles. The highest BCUT2D eigenvalue weighted by molar-refractivity contribution is 5.82. The van der Waals surface area contributed by atoms with Gasteiger partial charge in [0.1, 0.15) is 5.75 Å². The Hall–Kier alpha value is -2.04. The Labute approximate surface area is 131 Å². The van der Waals surface area contributed by atoms with Crippen molar-refractivity contribution in [2.45, 2.75) is 39.2 Å². The zero-order valence-electron chi connectivity index (χ0n) is 13.1. The van der Waals surface area contributed by atoms with E-state index in [9.17, 15) is 9.59 Å². The molecule has 2 rings (SSSR count). The Kier molecular flexibility index (Phi) is 5.81. The van der Waals surface area contributed by atoms with Crippen LogP contribution in [-0.2, 0) is 14.3 Å². The van der Waals surface area contributed by atoms with Crippen molar-refractivity contribution in [3.8, 4) is 5.75 Å². The van der Waals surface area contributed by atoms with Crippen molar-refractivity contribution in [3.05, 3.63) is 29.8 Å². The molecule has 0 radical (unpaired) electrons. The highest BCUT2D eigenvalue weighted by Crippen LogP contribution is 2.30. The van der Waals surface area contributed by atoms with Crippen molar-refractivity contribution < 1.29 is 19.1 Å². The molecule has 1 amide bonds. The summed E-state index contributed by atoms with van der Waals surface area (Å²) in [5, 5.41) is 2.96. The van der Waals surface area contributed by atoms with Gasteiger partial charge < -0.3 is 14.8 Å². The summed E-state index contributed by atoms with van der Waals surface area (Å²) in [7, 11) is 0. The summed E-state index contributed by atoms with van der Waals surface area (Å²) < 4.78 is 10.4. The number of amides is 1. The largest absolute Gasteiger partial charge is 0.494 e. The number of hydrogen-bond acceptors (Lipinski definition) is 4. The standard InChI is InChI=1S/C17H23NO4/c1-3-21-14-9-7-12(8-10-14)15(11-16(19)22-4-2)18-17(20)13-5-6-13/h7-10,13,15H,3-6,11H2,1-2H3,(H,18,20). The van der Waals surface area contributed by atoms with Crippen LogP contribution in [0.3, 0.4) is 0 Å². The number of nitrogens with one attached hydrogen (secondary N) is 1. The molecule has 5 nitrogen and oxygen atoms in total. The van der Waals surface area contributed by atoms with Gasteiger partial charge in [-0.2, -0.15) is 0 Å². The van der Waals surface area contributed by atoms with E-state index in [0.29, 0.717) is 13.2 Å². The van der Waals surface area contributed by atoms with E-state index in [2.05, 4.69) is 5.32 Å². The third-order valence-electron chi connectivity index (χ3n) is 3.53. The van der Waals surface area contributed by atoms with E-state index in [-0.39, 0.29) is 30.3 Å². The Morgan fingerprint density at radius 3 is 2.41 bits per heavy atom. The first-order valence-electron chi connectivity index (χ1n) is 7.82. The molecule has 1 unspecified atom stereocenters. The maximum atomic E-state index is 12.0. The van der Waals surface area contributed by atoms with Gasteiger partial charge in [0.15, 0.2) is 0 Å². The Balaban J connectivity index is 2.07. The van der Waals surface area contributed by atoms with Crippen LogP contribution in [0.2, 0.25) is 0 Å². The van der Waals surface area contributed by atoms with Crippen molar-refractivity contribution >= 4 is 11.9 Å². The molecule has 120 valence electrons. The number of carbonyl (C=O) groups excluding carboxylic acids is 2. The van der Waals surface area contributed by atoms with Crippen LogP contribution in [0.4, 0.5) is 0 Å². The van der Waals surface area contributed by atoms with Crippen molar-refractivity contribution in [2.24, 2.45) is 5.92 Å². The molecule has 0 heterocycles. The minimum atomic E-state index is -0.358. The van der Waals surface area contributed by atoms with E-state index < -0.39 is 0 Å². The van der Waals surface area contributed by atoms with Crippen LogP contribution in [0, 0.1) is 5.92 Å². The highest BCUT2D eigenvalue weighted by atomic mass is 16.5. The number of benzene rings is 1. The van der Waals surface area contributed by atoms with Gasteiger partial charge >= 0.3 is 5.97 Å². The predicted octanol–water partition coefficient (Wildman–Crippen LogP) is 2.61. The normalized spacial score (nSPS) is 15.0. The van der Waals surface area contributed by atoms with Crippen LogP contribution in [0.5, 0.6) is 5.75 Å². The van der Waals surface area contributed by atoms with Crippen LogP contribution >= 0.6 is 0 Å². The molecule has 22 heavy (non-hydrogen) atoms. The van der Waals surface area contributed by atoms with Crippen LogP contribution in [0.25, 0.3) is 0 Å². The van der Waals surface area contributed by atoms with Gasteiger partial charge in [-0.15, -0.1) is 0 Å². The summed E-state index contributed by atoms with van der Waals surface area (Å²) in [6.45, 7) is 4.63. The Morgan fingerprint density at radius 2 is 1.86 bits per heavy atom. The number of rotatable bonds is 8. The third kappa shape index (κ3) is 4.76. The topological polar surface area (TPSA) is 64.6 Å². The first-order chi connectivity index (χ1) is 10.6. The second kappa shape index (κ2) is 7.82. The zero-order chi connectivity index (χ0) is 15.9. The van der Waals surface area contributed by atoms with Gasteiger partial charge in [-0.1, -0.05) is 12.1 Å². The second-order valence-corrected chi connectivity index (χ2v) is 5.35. The molecule has 1 N–H and O–H groups in total. The van der Waals surface area contributed by atoms with Gasteiger partial charge in [-0.3, -0.25) is 9.59 Å². The van der Waals surface area contributed by atoms with Gasteiger partial charge in [0.25, 0.3) is 0 Å². The molecule has 1 saturated carbocycles. The SMILES string of the molecule is CCOC(=O)CC(NC(=O)C1CC1)c1ccc(OCC)cc1. The molecule has 0 aromatic heterocycles. The molecular formula is C17H23NO4. The fourth-order valence-corrected chi connectivity index (χ4v) is 2.24. The lowest BCUT2D eigenvalue weighted by Gasteiger charge is -2.19. The fraction of sp³-hybridized carbons (Fsp3) is 0.529. The van der Waals surface area contributed by atoms with Gasteiger partial charge in [0.2, 0.25) is 5.91 Å². The maximum absolute atomic E-state index is 12.0. The van der Waals surface area contributed by atoms with E-state index in [1.807, 2.05) is 31.2 Å². The summed E-state index contributed by atoms with van der Waals surface area (Å²) in [6, 6.07) is 7.09. The molecule has 1 atom stereocenters. The highest BCUT2D eigenvalue weighted by Gasteiger charge is 2.31. The minimum Gasteiger partial charge on any atom is -0.494 e. The average Bonchev–Trinajstić information content (AvgIpc) is 3.32. The molecule has 1 fully saturated rings. The van der Waals surface area contributed by atoms with E-state index in [1.54, 1.807) is 6.92 Å². The summed E-state index contributed by atoms with van der Waals surface area (Å²) >= 11 is 0. The van der Waals surface area contributed by atoms with Gasteiger partial charge in [0, 0.05) is 5.92 Å². The summed E-state index contributed by atoms with van der Waals surface area (Å²) in [5.74, 6) is 0.586. The average molecular weight is 305 g/mol. The van der Waals surface area contributed by atoms with E-state index in [0.717, 1.165) is 24.2 Å². The van der Waals surface area contributed by atoms with Crippen molar-refractivity contribution in [1.29, 1.82) is 0 Å². The lowest BCUT2D eigenvalue weighted by molar-refractivity contribution is -0.143. The molecule has 1 aromatic rings. The number of ether oxygens (including phenoxy) is 2. The smallest absolute Gasteiger partial charge is 0.308 e. The number of hydrogen-bond donors (Lipinski definition) is 1. The van der Waals surface area contributed by atoms with Crippen molar-refractivity contribution in [2.75, 3.05) is 13.2 Å². The van der Waals surface area contributed by atoms with Gasteiger partial charge in [0.05, 0.1) is 25.7 Å². The maximum Gasteiger partial charge on any atom is 0.308 e. The molecule has 5 heteroatoms. The zero-order valence-corrected chi connectivity index (χ0v) is 13.1. The first-order valence-corrected chi connectivity index (χ1v) is 7.82. The van der Waals surface area contributed by atoms with Crippen LogP contribution in [0.1, 0.15) is 44.7 Å². The Morgan fingerprint density at radius 1 is 1.18 bits per heavy atom. The molecule has 1 aliphatic carbocycles. The lowest BCUT2D eigenvalue weighted by atomic mass is 10.0. The van der Waals surface area contributed by atoms with Crippen LogP contribution in [-0.4, -0.2) is 25.1 Å². The molecule has 0 bridgehead atoms. The monoisotopic (exact) mass is 305 g/mol. The molecular weight excluding hydrogens is 282 g/mol. The molecule has 1 aliphatic rings. The van der Waals surface area contributed by atoms with Crippen molar-refractivity contribution in [1.82, 2.24) is 5.32 Å². The van der Waals surface area contributed by atoms with E-state index >= 15 is 0 Å². The van der Waals surface area contributed by atoms with Crippen molar-refractivity contribution in [3.63, 3.8) is 0 Å². The summed E-state index contributed by atoms with van der Waals surface area (Å²) in [5.41, 5.74) is 0.880. The molecule has 0 saturated heterocycles. The van der Waals surface area contributed by atoms with E-state index in [1.165, 1.54) is 0 Å². The van der Waals surface area contributed by atoms with Gasteiger partial charge in [-0.25, -0.2) is 0 Å². The third-order valence-corrected chi connectivity index (χ3v) is 3.53. The van der Waals surface area contributed by atoms with Crippen LogP contribution < -0.4 is 10.1 Å². The number of carbonyl (C=O) groups is 2. The second-order valence-electron chi connectivity index (χ2n) is 5.35. The van der Waals surface area contributed by atoms with Crippen LogP contribution in [0.15, 0.2) is 24.3 Å². The van der Waals surface area contributed by atoms with Gasteiger partial charge in [-0.05, 0) is 44.4 Å². The fourth-order valence-electron chi connectivity index (χ4n) is 2.24. The summed E-state index contributed by atoms with van der Waals surface area (Å²) in [6.07, 6.45) is 2.00. The quantitative estimate of drug-likeness (QED) is 0.750. The molecule has 0 aliphatic heterocycles. The number of esters is 1. The first kappa shape index (κ1) is 16.3. The predicted molar refractivity (Wildman–Crippen MR) is 82.5 cm³/mol. The lowest BCUT2D eigenvalue weighted by Crippen LogP contribution is -2.31. The minimum absolute atomic E-state index is 0.0168. The summed E-state index contributed by atoms with van der Waals surface area (Å²) in [4.78, 5) is 23.8.